The van der Waals surface area contributed by atoms with E-state index in [0.29, 0.717) is 17.5 Å². The number of aromatic nitrogens is 3. The first-order chi connectivity index (χ1) is 28.7. The van der Waals surface area contributed by atoms with Crippen LogP contribution in [0.5, 0.6) is 0 Å². The summed E-state index contributed by atoms with van der Waals surface area (Å²) in [6.45, 7) is 0. The Morgan fingerprint density at radius 2 is 0.914 bits per heavy atom. The molecule has 0 saturated heterocycles. The van der Waals surface area contributed by atoms with Gasteiger partial charge in [0.05, 0.1) is 5.41 Å². The Labute approximate surface area is 339 Å². The first kappa shape index (κ1) is 32.9. The number of hydrogen-bond acceptors (Lipinski definition) is 4. The summed E-state index contributed by atoms with van der Waals surface area (Å²) in [5, 5.41) is 7.17. The van der Waals surface area contributed by atoms with Crippen LogP contribution in [0.15, 0.2) is 200 Å². The topological polar surface area (TPSA) is 38.7 Å². The Morgan fingerprint density at radius 1 is 0.345 bits per heavy atom. The fraction of sp³-hybridized carbons (Fsp3) is 0.0185. The van der Waals surface area contributed by atoms with Gasteiger partial charge in [-0.2, -0.15) is 0 Å². The maximum absolute atomic E-state index is 5.40. The van der Waals surface area contributed by atoms with E-state index in [-0.39, 0.29) is 0 Å². The summed E-state index contributed by atoms with van der Waals surface area (Å²) in [5.41, 5.74) is 9.76. The Bertz CT molecular complexity index is 3370. The van der Waals surface area contributed by atoms with Crippen LogP contribution >= 0.6 is 11.3 Å². The molecule has 2 aromatic heterocycles. The smallest absolute Gasteiger partial charge is 0.164 e. The van der Waals surface area contributed by atoms with E-state index in [1.54, 1.807) is 11.3 Å². The third-order valence-electron chi connectivity index (χ3n) is 12.0. The molecule has 1 aliphatic rings. The fourth-order valence-corrected chi connectivity index (χ4v) is 10.6. The minimum absolute atomic E-state index is 0.538. The van der Waals surface area contributed by atoms with Crippen molar-refractivity contribution in [2.24, 2.45) is 0 Å². The number of benzene rings is 9. The van der Waals surface area contributed by atoms with Gasteiger partial charge in [0.25, 0.3) is 0 Å². The highest BCUT2D eigenvalue weighted by atomic mass is 32.1. The van der Waals surface area contributed by atoms with Gasteiger partial charge in [0, 0.05) is 42.2 Å². The molecule has 0 aliphatic heterocycles. The number of thiophene rings is 1. The second-order valence-corrected chi connectivity index (χ2v) is 16.2. The van der Waals surface area contributed by atoms with Crippen LogP contribution in [0.4, 0.5) is 0 Å². The predicted octanol–water partition coefficient (Wildman–Crippen LogP) is 13.9. The van der Waals surface area contributed by atoms with Gasteiger partial charge in [-0.25, -0.2) is 15.0 Å². The van der Waals surface area contributed by atoms with Gasteiger partial charge in [-0.3, -0.25) is 0 Å². The van der Waals surface area contributed by atoms with E-state index in [2.05, 4.69) is 200 Å². The summed E-state index contributed by atoms with van der Waals surface area (Å²) in [6, 6.07) is 72.2. The summed E-state index contributed by atoms with van der Waals surface area (Å²) in [4.78, 5) is 16.1. The Morgan fingerprint density at radius 3 is 1.72 bits per heavy atom. The average molecular weight is 756 g/mol. The molecule has 2 heterocycles. The lowest BCUT2D eigenvalue weighted by Gasteiger charge is -2.34. The molecule has 0 radical (unpaired) electrons. The fourth-order valence-electron chi connectivity index (χ4n) is 9.45. The highest BCUT2D eigenvalue weighted by Gasteiger charge is 2.46. The SMILES string of the molecule is c1ccc(C2(c3ccccc3)c3ccccc3-c3ccc(-c4nc(-c5ccc6c(c5)sc5ccccc56)nc(-c5cccc6ccc7ccccc7c56)n4)cc32)cc1. The van der Waals surface area contributed by atoms with E-state index in [4.69, 9.17) is 15.0 Å². The Kier molecular flexibility index (Phi) is 7.31. The molecular weight excluding hydrogens is 723 g/mol. The summed E-state index contributed by atoms with van der Waals surface area (Å²) in [7, 11) is 0. The van der Waals surface area contributed by atoms with Gasteiger partial charge in [-0.05, 0) is 67.7 Å². The lowest BCUT2D eigenvalue weighted by molar-refractivity contribution is 0.768. The van der Waals surface area contributed by atoms with Crippen molar-refractivity contribution in [3.8, 4) is 45.3 Å². The predicted molar refractivity (Wildman–Crippen MR) is 241 cm³/mol. The lowest BCUT2D eigenvalue weighted by Crippen LogP contribution is -2.28. The average Bonchev–Trinajstić information content (AvgIpc) is 3.82. The number of fused-ring (bicyclic) bond motifs is 9. The summed E-state index contributed by atoms with van der Waals surface area (Å²) in [5.74, 6) is 1.94. The third-order valence-corrected chi connectivity index (χ3v) is 13.1. The molecule has 0 saturated carbocycles. The van der Waals surface area contributed by atoms with Gasteiger partial charge in [0.2, 0.25) is 0 Å². The normalized spacial score (nSPS) is 13.0. The van der Waals surface area contributed by atoms with Crippen molar-refractivity contribution in [2.45, 2.75) is 5.41 Å². The van der Waals surface area contributed by atoms with Gasteiger partial charge in [0.15, 0.2) is 17.5 Å². The molecule has 58 heavy (non-hydrogen) atoms. The zero-order chi connectivity index (χ0) is 38.2. The van der Waals surface area contributed by atoms with Crippen molar-refractivity contribution in [2.75, 3.05) is 0 Å². The molecule has 270 valence electrons. The maximum Gasteiger partial charge on any atom is 0.164 e. The maximum atomic E-state index is 5.40. The summed E-state index contributed by atoms with van der Waals surface area (Å²) >= 11 is 1.81. The molecule has 0 bridgehead atoms. The van der Waals surface area contributed by atoms with E-state index < -0.39 is 5.41 Å². The third kappa shape index (κ3) is 4.89. The van der Waals surface area contributed by atoms with E-state index in [1.807, 2.05) is 0 Å². The van der Waals surface area contributed by atoms with Crippen molar-refractivity contribution in [1.82, 2.24) is 15.0 Å². The van der Waals surface area contributed by atoms with E-state index >= 15 is 0 Å². The number of hydrogen-bond donors (Lipinski definition) is 0. The first-order valence-corrected chi connectivity index (χ1v) is 20.5. The Balaban J connectivity index is 1.13. The van der Waals surface area contributed by atoms with Crippen molar-refractivity contribution in [1.29, 1.82) is 0 Å². The lowest BCUT2D eigenvalue weighted by atomic mass is 9.67. The second kappa shape index (κ2) is 12.9. The molecule has 1 aliphatic carbocycles. The van der Waals surface area contributed by atoms with Crippen LogP contribution in [0.25, 0.3) is 87.0 Å². The van der Waals surface area contributed by atoms with Gasteiger partial charge >= 0.3 is 0 Å². The van der Waals surface area contributed by atoms with Crippen molar-refractivity contribution >= 4 is 53.1 Å². The van der Waals surface area contributed by atoms with Crippen LogP contribution in [0, 0.1) is 0 Å². The van der Waals surface area contributed by atoms with E-state index in [0.717, 1.165) is 27.5 Å². The molecule has 0 N–H and O–H groups in total. The molecular formula is C54H33N3S. The largest absolute Gasteiger partial charge is 0.208 e. The van der Waals surface area contributed by atoms with Gasteiger partial charge < -0.3 is 0 Å². The molecule has 11 aromatic rings. The van der Waals surface area contributed by atoms with Crippen LogP contribution in [0.1, 0.15) is 22.3 Å². The van der Waals surface area contributed by atoms with Crippen molar-refractivity contribution < 1.29 is 0 Å². The molecule has 0 atom stereocenters. The van der Waals surface area contributed by atoms with Gasteiger partial charge in [0.1, 0.15) is 0 Å². The summed E-state index contributed by atoms with van der Waals surface area (Å²) < 4.78 is 2.48. The zero-order valence-corrected chi connectivity index (χ0v) is 32.1. The van der Waals surface area contributed by atoms with Gasteiger partial charge in [-0.1, -0.05) is 182 Å². The molecule has 3 nitrogen and oxygen atoms in total. The number of rotatable bonds is 5. The second-order valence-electron chi connectivity index (χ2n) is 15.1. The minimum Gasteiger partial charge on any atom is -0.208 e. The van der Waals surface area contributed by atoms with Crippen LogP contribution in [0.2, 0.25) is 0 Å². The monoisotopic (exact) mass is 755 g/mol. The van der Waals surface area contributed by atoms with Crippen LogP contribution in [-0.2, 0) is 5.41 Å². The summed E-state index contributed by atoms with van der Waals surface area (Å²) in [6.07, 6.45) is 0. The Hall–Kier alpha value is -7.27. The molecule has 0 unspecified atom stereocenters. The standard InChI is InChI=1S/C54H33N3S/c1-3-16-38(17-4-1)54(39-18-5-2-6-19-39)46-24-11-9-21-41(46)42-30-28-36(32-47(42)54)51-55-52(37-29-31-44-43-22-10-12-25-48(43)58-49(44)33-37)57-53(56-51)45-23-13-15-35-27-26-34-14-7-8-20-40(34)50(35)45/h1-33H. The first-order valence-electron chi connectivity index (χ1n) is 19.7. The molecule has 0 fully saturated rings. The quantitative estimate of drug-likeness (QED) is 0.164. The van der Waals surface area contributed by atoms with E-state index in [9.17, 15) is 0 Å². The van der Waals surface area contributed by atoms with Crippen LogP contribution < -0.4 is 0 Å². The molecule has 4 heteroatoms. The number of nitrogens with zero attached hydrogens (tertiary/aromatic N) is 3. The van der Waals surface area contributed by atoms with E-state index in [1.165, 1.54) is 64.3 Å². The van der Waals surface area contributed by atoms with Crippen molar-refractivity contribution in [3.63, 3.8) is 0 Å². The molecule has 0 amide bonds. The zero-order valence-electron chi connectivity index (χ0n) is 31.3. The highest BCUT2D eigenvalue weighted by molar-refractivity contribution is 7.25. The highest BCUT2D eigenvalue weighted by Crippen LogP contribution is 2.56. The molecule has 12 rings (SSSR count). The molecule has 0 spiro atoms. The van der Waals surface area contributed by atoms with Crippen LogP contribution in [0.3, 0.4) is 0 Å². The van der Waals surface area contributed by atoms with Gasteiger partial charge in [-0.15, -0.1) is 11.3 Å². The van der Waals surface area contributed by atoms with Crippen LogP contribution in [-0.4, -0.2) is 15.0 Å². The van der Waals surface area contributed by atoms with Crippen molar-refractivity contribution in [3.05, 3.63) is 222 Å². The minimum atomic E-state index is -0.538. The molecule has 9 aromatic carbocycles.